The highest BCUT2D eigenvalue weighted by Gasteiger charge is 2.06. The van der Waals surface area contributed by atoms with Crippen LogP contribution in [0.1, 0.15) is 0 Å². The Morgan fingerprint density at radius 2 is 2.13 bits per heavy atom. The Labute approximate surface area is 92.9 Å². The summed E-state index contributed by atoms with van der Waals surface area (Å²) in [5.41, 5.74) is 0.933. The standard InChI is InChI=1S/C10H11ClN4/c1-15(2)10-12-9(13-14-10)7-4-3-5-8(11)6-7/h3-6H,1-2H3,(H,12,13,14). The summed E-state index contributed by atoms with van der Waals surface area (Å²) in [7, 11) is 3.79. The summed E-state index contributed by atoms with van der Waals surface area (Å²) in [5.74, 6) is 1.38. The molecule has 0 unspecified atom stereocenters. The molecule has 1 heterocycles. The number of hydrogen-bond acceptors (Lipinski definition) is 3. The summed E-state index contributed by atoms with van der Waals surface area (Å²) in [6.45, 7) is 0. The molecule has 0 fully saturated rings. The first kappa shape index (κ1) is 9.98. The van der Waals surface area contributed by atoms with E-state index in [1.807, 2.05) is 43.3 Å². The van der Waals surface area contributed by atoms with Gasteiger partial charge in [0.1, 0.15) is 0 Å². The van der Waals surface area contributed by atoms with Crippen molar-refractivity contribution in [2.45, 2.75) is 0 Å². The molecule has 0 spiro atoms. The number of hydrogen-bond donors (Lipinski definition) is 1. The number of benzene rings is 1. The van der Waals surface area contributed by atoms with Crippen molar-refractivity contribution < 1.29 is 0 Å². The van der Waals surface area contributed by atoms with Crippen LogP contribution >= 0.6 is 11.6 Å². The van der Waals surface area contributed by atoms with Crippen LogP contribution in [0.15, 0.2) is 24.3 Å². The van der Waals surface area contributed by atoms with E-state index in [1.165, 1.54) is 0 Å². The number of halogens is 1. The summed E-state index contributed by atoms with van der Waals surface area (Å²) < 4.78 is 0. The molecule has 0 atom stereocenters. The molecule has 0 amide bonds. The number of aromatic nitrogens is 3. The quantitative estimate of drug-likeness (QED) is 0.847. The molecule has 5 heteroatoms. The third kappa shape index (κ3) is 2.10. The highest BCUT2D eigenvalue weighted by molar-refractivity contribution is 6.30. The Morgan fingerprint density at radius 1 is 1.33 bits per heavy atom. The molecule has 0 radical (unpaired) electrons. The fraction of sp³-hybridized carbons (Fsp3) is 0.200. The van der Waals surface area contributed by atoms with Crippen molar-refractivity contribution in [1.82, 2.24) is 15.2 Å². The molecular formula is C10H11ClN4. The van der Waals surface area contributed by atoms with Crippen molar-refractivity contribution in [1.29, 1.82) is 0 Å². The highest BCUT2D eigenvalue weighted by atomic mass is 35.5. The van der Waals surface area contributed by atoms with E-state index in [0.29, 0.717) is 11.0 Å². The Bertz CT molecular complexity index is 464. The van der Waals surface area contributed by atoms with Crippen LogP contribution in [0.25, 0.3) is 11.4 Å². The molecule has 78 valence electrons. The lowest BCUT2D eigenvalue weighted by Crippen LogP contribution is -2.10. The number of H-pyrrole nitrogens is 1. The molecule has 0 bridgehead atoms. The van der Waals surface area contributed by atoms with Gasteiger partial charge in [-0.1, -0.05) is 23.7 Å². The second kappa shape index (κ2) is 3.90. The highest BCUT2D eigenvalue weighted by Crippen LogP contribution is 2.20. The summed E-state index contributed by atoms with van der Waals surface area (Å²) in [6.07, 6.45) is 0. The van der Waals surface area contributed by atoms with Crippen LogP contribution in [0.3, 0.4) is 0 Å². The predicted molar refractivity (Wildman–Crippen MR) is 61.2 cm³/mol. The van der Waals surface area contributed by atoms with Crippen LogP contribution in [-0.4, -0.2) is 29.3 Å². The molecule has 1 N–H and O–H groups in total. The fourth-order valence-corrected chi connectivity index (χ4v) is 1.41. The Balaban J connectivity index is 2.37. The maximum absolute atomic E-state index is 5.89. The summed E-state index contributed by atoms with van der Waals surface area (Å²) in [6, 6.07) is 7.50. The van der Waals surface area contributed by atoms with E-state index in [-0.39, 0.29) is 0 Å². The second-order valence-corrected chi connectivity index (χ2v) is 3.83. The third-order valence-corrected chi connectivity index (χ3v) is 2.21. The van der Waals surface area contributed by atoms with Crippen LogP contribution in [0, 0.1) is 0 Å². The molecule has 2 aromatic rings. The zero-order valence-electron chi connectivity index (χ0n) is 8.53. The largest absolute Gasteiger partial charge is 0.346 e. The van der Waals surface area contributed by atoms with Crippen molar-refractivity contribution in [2.24, 2.45) is 0 Å². The molecular weight excluding hydrogens is 212 g/mol. The number of nitrogens with zero attached hydrogens (tertiary/aromatic N) is 3. The summed E-state index contributed by atoms with van der Waals surface area (Å²) in [5, 5.41) is 7.63. The van der Waals surface area contributed by atoms with Gasteiger partial charge in [-0.15, -0.1) is 5.10 Å². The fourth-order valence-electron chi connectivity index (χ4n) is 1.22. The van der Waals surface area contributed by atoms with Gasteiger partial charge in [0, 0.05) is 24.7 Å². The lowest BCUT2D eigenvalue weighted by atomic mass is 10.2. The van der Waals surface area contributed by atoms with Crippen LogP contribution in [-0.2, 0) is 0 Å². The molecule has 4 nitrogen and oxygen atoms in total. The van der Waals surface area contributed by atoms with Gasteiger partial charge in [-0.2, -0.15) is 4.98 Å². The molecule has 0 saturated carbocycles. The number of aromatic amines is 1. The van der Waals surface area contributed by atoms with E-state index in [9.17, 15) is 0 Å². The van der Waals surface area contributed by atoms with Crippen LogP contribution in [0.4, 0.5) is 5.95 Å². The minimum absolute atomic E-state index is 0.657. The van der Waals surface area contributed by atoms with Gasteiger partial charge in [0.15, 0.2) is 5.82 Å². The number of nitrogens with one attached hydrogen (secondary N) is 1. The zero-order chi connectivity index (χ0) is 10.8. The van der Waals surface area contributed by atoms with Crippen molar-refractivity contribution >= 4 is 17.5 Å². The molecule has 1 aromatic carbocycles. The Hall–Kier alpha value is -1.55. The predicted octanol–water partition coefficient (Wildman–Crippen LogP) is 2.19. The lowest BCUT2D eigenvalue weighted by molar-refractivity contribution is 0.999. The number of anilines is 1. The third-order valence-electron chi connectivity index (χ3n) is 1.97. The van der Waals surface area contributed by atoms with Gasteiger partial charge < -0.3 is 4.90 Å². The SMILES string of the molecule is CN(C)c1n[nH]c(-c2cccc(Cl)c2)n1. The van der Waals surface area contributed by atoms with Gasteiger partial charge in [-0.05, 0) is 12.1 Å². The van der Waals surface area contributed by atoms with E-state index in [1.54, 1.807) is 0 Å². The van der Waals surface area contributed by atoms with E-state index >= 15 is 0 Å². The van der Waals surface area contributed by atoms with Gasteiger partial charge in [-0.3, -0.25) is 5.10 Å². The van der Waals surface area contributed by atoms with Crippen molar-refractivity contribution in [3.8, 4) is 11.4 Å². The maximum Gasteiger partial charge on any atom is 0.244 e. The van der Waals surface area contributed by atoms with Gasteiger partial charge in [0.05, 0.1) is 0 Å². The second-order valence-electron chi connectivity index (χ2n) is 3.39. The summed E-state index contributed by atoms with van der Waals surface area (Å²) in [4.78, 5) is 6.16. The summed E-state index contributed by atoms with van der Waals surface area (Å²) >= 11 is 5.89. The Kier molecular flexibility index (Phi) is 2.60. The molecule has 2 rings (SSSR count). The first-order valence-electron chi connectivity index (χ1n) is 4.52. The van der Waals surface area contributed by atoms with Gasteiger partial charge in [0.25, 0.3) is 0 Å². The first-order valence-corrected chi connectivity index (χ1v) is 4.90. The van der Waals surface area contributed by atoms with Gasteiger partial charge in [-0.25, -0.2) is 0 Å². The molecule has 0 aliphatic carbocycles. The lowest BCUT2D eigenvalue weighted by Gasteiger charge is -2.03. The maximum atomic E-state index is 5.89. The van der Waals surface area contributed by atoms with E-state index in [0.717, 1.165) is 11.4 Å². The van der Waals surface area contributed by atoms with Crippen LogP contribution < -0.4 is 4.90 Å². The van der Waals surface area contributed by atoms with Crippen LogP contribution in [0.2, 0.25) is 5.02 Å². The molecule has 0 aliphatic rings. The van der Waals surface area contributed by atoms with Crippen molar-refractivity contribution in [3.05, 3.63) is 29.3 Å². The molecule has 15 heavy (non-hydrogen) atoms. The molecule has 0 saturated heterocycles. The Morgan fingerprint density at radius 3 is 2.73 bits per heavy atom. The minimum atomic E-state index is 0.657. The zero-order valence-corrected chi connectivity index (χ0v) is 9.28. The van der Waals surface area contributed by atoms with Crippen molar-refractivity contribution in [3.63, 3.8) is 0 Å². The van der Waals surface area contributed by atoms with Crippen molar-refractivity contribution in [2.75, 3.05) is 19.0 Å². The van der Waals surface area contributed by atoms with E-state index < -0.39 is 0 Å². The van der Waals surface area contributed by atoms with Gasteiger partial charge in [0.2, 0.25) is 5.95 Å². The van der Waals surface area contributed by atoms with Crippen LogP contribution in [0.5, 0.6) is 0 Å². The van der Waals surface area contributed by atoms with Gasteiger partial charge >= 0.3 is 0 Å². The minimum Gasteiger partial charge on any atom is -0.346 e. The molecule has 1 aromatic heterocycles. The monoisotopic (exact) mass is 222 g/mol. The van der Waals surface area contributed by atoms with E-state index in [2.05, 4.69) is 15.2 Å². The topological polar surface area (TPSA) is 44.8 Å². The van der Waals surface area contributed by atoms with E-state index in [4.69, 9.17) is 11.6 Å². The number of rotatable bonds is 2. The first-order chi connectivity index (χ1) is 7.16. The average molecular weight is 223 g/mol. The smallest absolute Gasteiger partial charge is 0.244 e. The molecule has 0 aliphatic heterocycles. The average Bonchev–Trinajstić information content (AvgIpc) is 2.66. The normalized spacial score (nSPS) is 10.3.